The zero-order valence-corrected chi connectivity index (χ0v) is 29.8. The Kier molecular flexibility index (Phi) is 7.20. The normalized spacial score (nSPS) is 14.4. The number of amidine groups is 2. The SMILES string of the molecule is c1ccc(C2=NC(c3cccc(-c4ccccc4)c3)NC(c3cccc(-c4cc5c6ccccc6c6ccccc6c5c5oc6ccccc6c45)c3)=N2)cc1. The summed E-state index contributed by atoms with van der Waals surface area (Å²) < 4.78 is 6.85. The third-order valence-electron chi connectivity index (χ3n) is 10.9. The largest absolute Gasteiger partial charge is 0.455 e. The van der Waals surface area contributed by atoms with Gasteiger partial charge in [0.05, 0.1) is 0 Å². The molecule has 1 aliphatic rings. The third kappa shape index (κ3) is 5.22. The maximum absolute atomic E-state index is 6.85. The van der Waals surface area contributed by atoms with Crippen LogP contribution in [0.1, 0.15) is 22.9 Å². The van der Waals surface area contributed by atoms with Gasteiger partial charge in [0.25, 0.3) is 0 Å². The molecule has 0 amide bonds. The molecule has 11 rings (SSSR count). The van der Waals surface area contributed by atoms with Crippen LogP contribution in [-0.2, 0) is 0 Å². The lowest BCUT2D eigenvalue weighted by Gasteiger charge is -2.24. The summed E-state index contributed by atoms with van der Waals surface area (Å²) >= 11 is 0. The van der Waals surface area contributed by atoms with E-state index in [1.54, 1.807) is 0 Å². The van der Waals surface area contributed by atoms with Gasteiger partial charge >= 0.3 is 0 Å². The zero-order valence-electron chi connectivity index (χ0n) is 29.8. The minimum absolute atomic E-state index is 0.333. The summed E-state index contributed by atoms with van der Waals surface area (Å²) in [5, 5.41) is 13.1. The van der Waals surface area contributed by atoms with Crippen molar-refractivity contribution in [2.24, 2.45) is 9.98 Å². The minimum atomic E-state index is -0.333. The van der Waals surface area contributed by atoms with Crippen molar-refractivity contribution in [2.45, 2.75) is 6.17 Å². The van der Waals surface area contributed by atoms with Crippen LogP contribution in [0.5, 0.6) is 0 Å². The van der Waals surface area contributed by atoms with E-state index in [-0.39, 0.29) is 6.17 Å². The lowest BCUT2D eigenvalue weighted by molar-refractivity contribution is 0.673. The number of benzene rings is 9. The first-order valence-electron chi connectivity index (χ1n) is 18.7. The zero-order chi connectivity index (χ0) is 36.3. The molecule has 1 aromatic heterocycles. The van der Waals surface area contributed by atoms with Crippen LogP contribution in [0.2, 0.25) is 0 Å². The van der Waals surface area contributed by atoms with Crippen LogP contribution in [0.4, 0.5) is 0 Å². The predicted molar refractivity (Wildman–Crippen MR) is 229 cm³/mol. The van der Waals surface area contributed by atoms with E-state index >= 15 is 0 Å². The Balaban J connectivity index is 1.11. The summed E-state index contributed by atoms with van der Waals surface area (Å²) in [6.07, 6.45) is -0.333. The van der Waals surface area contributed by atoms with Crippen molar-refractivity contribution in [3.05, 3.63) is 205 Å². The Bertz CT molecular complexity index is 3180. The first-order chi connectivity index (χ1) is 27.3. The summed E-state index contributed by atoms with van der Waals surface area (Å²) in [7, 11) is 0. The van der Waals surface area contributed by atoms with Crippen LogP contribution in [0.3, 0.4) is 0 Å². The van der Waals surface area contributed by atoms with Crippen LogP contribution >= 0.6 is 0 Å². The molecule has 258 valence electrons. The Morgan fingerprint density at radius 1 is 0.418 bits per heavy atom. The van der Waals surface area contributed by atoms with Gasteiger partial charge in [0.2, 0.25) is 0 Å². The number of fused-ring (bicyclic) bond motifs is 10. The Hall–Kier alpha value is -7.30. The number of furan rings is 1. The molecule has 1 N–H and O–H groups in total. The van der Waals surface area contributed by atoms with Crippen LogP contribution < -0.4 is 5.32 Å². The van der Waals surface area contributed by atoms with Gasteiger partial charge in [0.1, 0.15) is 23.2 Å². The number of nitrogens with zero attached hydrogens (tertiary/aromatic N) is 2. The molecule has 0 saturated carbocycles. The Morgan fingerprint density at radius 2 is 1.00 bits per heavy atom. The Labute approximate surface area is 317 Å². The molecule has 0 spiro atoms. The van der Waals surface area contributed by atoms with E-state index in [1.807, 2.05) is 30.3 Å². The fraction of sp³-hybridized carbons (Fsp3) is 0.0196. The lowest BCUT2D eigenvalue weighted by atomic mass is 9.89. The molecule has 4 heteroatoms. The molecule has 2 heterocycles. The van der Waals surface area contributed by atoms with Crippen molar-refractivity contribution in [1.82, 2.24) is 5.32 Å². The average Bonchev–Trinajstić information content (AvgIpc) is 3.66. The van der Waals surface area contributed by atoms with Crippen molar-refractivity contribution in [3.8, 4) is 22.3 Å². The van der Waals surface area contributed by atoms with E-state index in [0.29, 0.717) is 5.84 Å². The van der Waals surface area contributed by atoms with Crippen molar-refractivity contribution >= 4 is 65.9 Å². The second-order valence-electron chi connectivity index (χ2n) is 14.1. The van der Waals surface area contributed by atoms with Crippen molar-refractivity contribution < 1.29 is 4.42 Å². The van der Waals surface area contributed by atoms with Gasteiger partial charge in [-0.25, -0.2) is 9.98 Å². The third-order valence-corrected chi connectivity index (χ3v) is 10.9. The topological polar surface area (TPSA) is 49.9 Å². The molecule has 0 fully saturated rings. The van der Waals surface area contributed by atoms with Gasteiger partial charge < -0.3 is 9.73 Å². The number of aliphatic imine (C=N–C) groups is 2. The highest BCUT2D eigenvalue weighted by molar-refractivity contribution is 6.34. The molecule has 1 atom stereocenters. The van der Waals surface area contributed by atoms with Gasteiger partial charge in [-0.2, -0.15) is 0 Å². The molecule has 55 heavy (non-hydrogen) atoms. The maximum atomic E-state index is 6.85. The number of nitrogens with one attached hydrogen (secondary N) is 1. The highest BCUT2D eigenvalue weighted by atomic mass is 16.3. The molecule has 0 radical (unpaired) electrons. The highest BCUT2D eigenvalue weighted by Crippen LogP contribution is 2.46. The number of hydrogen-bond donors (Lipinski definition) is 1. The summed E-state index contributed by atoms with van der Waals surface area (Å²) in [6.45, 7) is 0. The van der Waals surface area contributed by atoms with Gasteiger partial charge in [0, 0.05) is 27.3 Å². The van der Waals surface area contributed by atoms with E-state index < -0.39 is 0 Å². The molecule has 10 aromatic rings. The molecule has 4 nitrogen and oxygen atoms in total. The molecule has 0 aliphatic carbocycles. The summed E-state index contributed by atoms with van der Waals surface area (Å²) in [5.74, 6) is 1.47. The predicted octanol–water partition coefficient (Wildman–Crippen LogP) is 12.9. The molecule has 0 saturated heterocycles. The van der Waals surface area contributed by atoms with Gasteiger partial charge in [-0.1, -0.05) is 164 Å². The lowest BCUT2D eigenvalue weighted by Crippen LogP contribution is -2.33. The molecular weight excluding hydrogens is 671 g/mol. The second kappa shape index (κ2) is 12.7. The molecule has 0 bridgehead atoms. The second-order valence-corrected chi connectivity index (χ2v) is 14.1. The first kappa shape index (κ1) is 31.2. The first-order valence-corrected chi connectivity index (χ1v) is 18.7. The number of rotatable bonds is 5. The highest BCUT2D eigenvalue weighted by Gasteiger charge is 2.24. The summed E-state index contributed by atoms with van der Waals surface area (Å²) in [5.41, 5.74) is 9.33. The van der Waals surface area contributed by atoms with Gasteiger partial charge in [-0.15, -0.1) is 0 Å². The van der Waals surface area contributed by atoms with Crippen LogP contribution in [0, 0.1) is 0 Å². The molecular formula is C51H33N3O. The monoisotopic (exact) mass is 703 g/mol. The number of para-hydroxylation sites is 1. The van der Waals surface area contributed by atoms with Gasteiger partial charge in [0.15, 0.2) is 5.84 Å². The van der Waals surface area contributed by atoms with Crippen molar-refractivity contribution in [1.29, 1.82) is 0 Å². The minimum Gasteiger partial charge on any atom is -0.455 e. The van der Waals surface area contributed by atoms with Crippen LogP contribution in [0.25, 0.3) is 76.5 Å². The smallest absolute Gasteiger partial charge is 0.159 e. The fourth-order valence-electron chi connectivity index (χ4n) is 8.33. The summed E-state index contributed by atoms with van der Waals surface area (Å²) in [6, 6.07) is 66.2. The average molecular weight is 704 g/mol. The van der Waals surface area contributed by atoms with Crippen molar-refractivity contribution in [3.63, 3.8) is 0 Å². The standard InChI is InChI=1S/C51H33N3O/c1-3-15-32(16-4-1)34-19-13-21-36(29-34)50-52-49(33-17-5-2-6-18-33)53-51(54-50)37-22-14-20-35(30-37)43-31-44-40-25-8-7-23-38(40)39-24-9-10-26-41(39)46(44)48-47(43)42-27-11-12-28-45(42)55-48/h1-31,50H,(H,52,53,54). The van der Waals surface area contributed by atoms with Gasteiger partial charge in [-0.3, -0.25) is 0 Å². The quantitative estimate of drug-likeness (QED) is 0.181. The number of hydrogen-bond acceptors (Lipinski definition) is 4. The van der Waals surface area contributed by atoms with E-state index in [4.69, 9.17) is 14.4 Å². The fourth-order valence-corrected chi connectivity index (χ4v) is 8.33. The molecule has 9 aromatic carbocycles. The summed E-state index contributed by atoms with van der Waals surface area (Å²) in [4.78, 5) is 10.4. The van der Waals surface area contributed by atoms with Gasteiger partial charge in [-0.05, 0) is 79.0 Å². The van der Waals surface area contributed by atoms with Crippen LogP contribution in [-0.4, -0.2) is 11.7 Å². The Morgan fingerprint density at radius 3 is 1.78 bits per heavy atom. The molecule has 1 unspecified atom stereocenters. The van der Waals surface area contributed by atoms with E-state index in [2.05, 4.69) is 163 Å². The maximum Gasteiger partial charge on any atom is 0.159 e. The van der Waals surface area contributed by atoms with E-state index in [9.17, 15) is 0 Å². The van der Waals surface area contributed by atoms with E-state index in [0.717, 1.165) is 66.5 Å². The van der Waals surface area contributed by atoms with Crippen LogP contribution in [0.15, 0.2) is 202 Å². The van der Waals surface area contributed by atoms with E-state index in [1.165, 1.54) is 32.5 Å². The molecule has 1 aliphatic heterocycles. The van der Waals surface area contributed by atoms with Crippen molar-refractivity contribution in [2.75, 3.05) is 0 Å².